The molecule has 3 rings (SSSR count). The number of carbonyl (C=O) groups excluding carboxylic acids is 2. The highest BCUT2D eigenvalue weighted by atomic mass is 16.2. The van der Waals surface area contributed by atoms with Gasteiger partial charge in [-0.15, -0.1) is 0 Å². The molecule has 2 fully saturated rings. The van der Waals surface area contributed by atoms with E-state index in [2.05, 4.69) is 11.4 Å². The third-order valence-electron chi connectivity index (χ3n) is 4.77. The summed E-state index contributed by atoms with van der Waals surface area (Å²) in [6.45, 7) is 4.75. The maximum Gasteiger partial charge on any atom is 0.249 e. The summed E-state index contributed by atoms with van der Waals surface area (Å²) < 4.78 is 0. The predicted octanol–water partition coefficient (Wildman–Crippen LogP) is 2.72. The van der Waals surface area contributed by atoms with Crippen molar-refractivity contribution in [3.63, 3.8) is 0 Å². The molecule has 2 aliphatic rings. The zero-order chi connectivity index (χ0) is 15.7. The number of aryl methyl sites for hydroxylation is 2. The Hall–Kier alpha value is -1.84. The lowest BCUT2D eigenvalue weighted by Gasteiger charge is -2.19. The fraction of sp³-hybridized carbons (Fsp3) is 0.556. The smallest absolute Gasteiger partial charge is 0.249 e. The summed E-state index contributed by atoms with van der Waals surface area (Å²) in [7, 11) is 0. The van der Waals surface area contributed by atoms with Crippen LogP contribution in [0.4, 0.5) is 5.69 Å². The van der Waals surface area contributed by atoms with Crippen molar-refractivity contribution in [3.8, 4) is 0 Å². The van der Waals surface area contributed by atoms with Gasteiger partial charge in [0.2, 0.25) is 11.8 Å². The van der Waals surface area contributed by atoms with Crippen LogP contribution in [0.15, 0.2) is 18.2 Å². The van der Waals surface area contributed by atoms with E-state index >= 15 is 0 Å². The highest BCUT2D eigenvalue weighted by Crippen LogP contribution is 2.27. The van der Waals surface area contributed by atoms with Crippen LogP contribution in [0, 0.1) is 19.8 Å². The summed E-state index contributed by atoms with van der Waals surface area (Å²) in [4.78, 5) is 26.6. The summed E-state index contributed by atoms with van der Waals surface area (Å²) >= 11 is 0. The molecule has 1 aromatic rings. The minimum atomic E-state index is -0.353. The van der Waals surface area contributed by atoms with Crippen LogP contribution in [0.3, 0.4) is 0 Å². The Kier molecular flexibility index (Phi) is 4.19. The van der Waals surface area contributed by atoms with Crippen molar-refractivity contribution in [1.82, 2.24) is 5.32 Å². The number of nitrogens with one attached hydrogen (secondary N) is 1. The molecule has 0 radical (unpaired) electrons. The van der Waals surface area contributed by atoms with Gasteiger partial charge in [0, 0.05) is 18.2 Å². The van der Waals surface area contributed by atoms with Crippen molar-refractivity contribution in [2.75, 3.05) is 11.4 Å². The van der Waals surface area contributed by atoms with Crippen molar-refractivity contribution in [2.24, 2.45) is 5.92 Å². The van der Waals surface area contributed by atoms with Gasteiger partial charge in [-0.1, -0.05) is 18.9 Å². The largest absolute Gasteiger partial charge is 0.344 e. The zero-order valence-electron chi connectivity index (χ0n) is 13.4. The molecule has 4 heteroatoms. The van der Waals surface area contributed by atoms with E-state index < -0.39 is 0 Å². The molecule has 1 heterocycles. The average molecular weight is 300 g/mol. The lowest BCUT2D eigenvalue weighted by atomic mass is 10.1. The first-order valence-electron chi connectivity index (χ1n) is 8.24. The molecule has 1 saturated heterocycles. The Morgan fingerprint density at radius 3 is 2.36 bits per heavy atom. The number of benzene rings is 1. The summed E-state index contributed by atoms with van der Waals surface area (Å²) in [5.41, 5.74) is 3.25. The van der Waals surface area contributed by atoms with E-state index in [9.17, 15) is 9.59 Å². The fourth-order valence-corrected chi connectivity index (χ4v) is 3.65. The molecule has 1 aromatic carbocycles. The van der Waals surface area contributed by atoms with Gasteiger partial charge >= 0.3 is 0 Å². The minimum absolute atomic E-state index is 0.0244. The molecule has 0 bridgehead atoms. The van der Waals surface area contributed by atoms with E-state index in [-0.39, 0.29) is 23.8 Å². The van der Waals surface area contributed by atoms with Gasteiger partial charge in [-0.3, -0.25) is 9.59 Å². The molecule has 4 nitrogen and oxygen atoms in total. The summed E-state index contributed by atoms with van der Waals surface area (Å²) in [5.74, 6) is 0.206. The summed E-state index contributed by atoms with van der Waals surface area (Å²) in [6, 6.07) is 5.82. The van der Waals surface area contributed by atoms with Crippen LogP contribution in [0.5, 0.6) is 0 Å². The van der Waals surface area contributed by atoms with E-state index in [1.165, 1.54) is 0 Å². The summed E-state index contributed by atoms with van der Waals surface area (Å²) in [6.07, 6.45) is 4.89. The highest BCUT2D eigenvalue weighted by Gasteiger charge is 2.35. The highest BCUT2D eigenvalue weighted by molar-refractivity contribution is 6.01. The van der Waals surface area contributed by atoms with E-state index in [4.69, 9.17) is 0 Å². The van der Waals surface area contributed by atoms with Crippen LogP contribution in [0.1, 0.15) is 43.2 Å². The van der Waals surface area contributed by atoms with Gasteiger partial charge in [-0.05, 0) is 56.4 Å². The Morgan fingerprint density at radius 1 is 1.09 bits per heavy atom. The van der Waals surface area contributed by atoms with Gasteiger partial charge in [-0.2, -0.15) is 0 Å². The topological polar surface area (TPSA) is 49.4 Å². The van der Waals surface area contributed by atoms with Gasteiger partial charge in [0.05, 0.1) is 0 Å². The number of anilines is 1. The molecule has 118 valence electrons. The second-order valence-electron chi connectivity index (χ2n) is 6.67. The van der Waals surface area contributed by atoms with Crippen LogP contribution in [-0.4, -0.2) is 24.4 Å². The van der Waals surface area contributed by atoms with Crippen LogP contribution >= 0.6 is 0 Å². The van der Waals surface area contributed by atoms with Gasteiger partial charge in [0.1, 0.15) is 6.04 Å². The first-order chi connectivity index (χ1) is 10.5. The lowest BCUT2D eigenvalue weighted by molar-refractivity contribution is -0.129. The third-order valence-corrected chi connectivity index (χ3v) is 4.77. The SMILES string of the molecule is Cc1cc(C)cc(N2CC[C@@H](NC(=O)C3CCCC3)C2=O)c1. The number of nitrogens with zero attached hydrogens (tertiary/aromatic N) is 1. The molecule has 0 unspecified atom stereocenters. The summed E-state index contributed by atoms with van der Waals surface area (Å²) in [5, 5.41) is 2.97. The van der Waals surface area contributed by atoms with Crippen molar-refractivity contribution in [2.45, 2.75) is 52.0 Å². The maximum absolute atomic E-state index is 12.6. The monoisotopic (exact) mass is 300 g/mol. The van der Waals surface area contributed by atoms with Crippen LogP contribution in [0.25, 0.3) is 0 Å². The van der Waals surface area contributed by atoms with Gasteiger partial charge in [0.25, 0.3) is 0 Å². The van der Waals surface area contributed by atoms with Crippen LogP contribution in [0.2, 0.25) is 0 Å². The number of amides is 2. The van der Waals surface area contributed by atoms with Crippen molar-refractivity contribution in [1.29, 1.82) is 0 Å². The molecule has 0 spiro atoms. The Labute approximate surface area is 131 Å². The molecule has 0 aromatic heterocycles. The Morgan fingerprint density at radius 2 is 1.73 bits per heavy atom. The standard InChI is InChI=1S/C18H24N2O2/c1-12-9-13(2)11-15(10-12)20-8-7-16(18(20)22)19-17(21)14-5-3-4-6-14/h9-11,14,16H,3-8H2,1-2H3,(H,19,21)/t16-/m1/s1. The third kappa shape index (κ3) is 3.01. The first-order valence-corrected chi connectivity index (χ1v) is 8.24. The fourth-order valence-electron chi connectivity index (χ4n) is 3.65. The number of hydrogen-bond donors (Lipinski definition) is 1. The van der Waals surface area contributed by atoms with E-state index in [1.807, 2.05) is 26.0 Å². The number of hydrogen-bond acceptors (Lipinski definition) is 2. The average Bonchev–Trinajstić information content (AvgIpc) is 3.09. The molecule has 1 saturated carbocycles. The predicted molar refractivity (Wildman–Crippen MR) is 86.8 cm³/mol. The van der Waals surface area contributed by atoms with Crippen LogP contribution < -0.4 is 10.2 Å². The molecular formula is C18H24N2O2. The van der Waals surface area contributed by atoms with Crippen LogP contribution in [-0.2, 0) is 9.59 Å². The quantitative estimate of drug-likeness (QED) is 0.933. The van der Waals surface area contributed by atoms with E-state index in [0.29, 0.717) is 13.0 Å². The maximum atomic E-state index is 12.6. The Bertz CT molecular complexity index is 570. The lowest BCUT2D eigenvalue weighted by Crippen LogP contribution is -2.43. The second-order valence-corrected chi connectivity index (χ2v) is 6.67. The van der Waals surface area contributed by atoms with E-state index in [1.54, 1.807) is 4.90 Å². The van der Waals surface area contributed by atoms with Crippen molar-refractivity contribution >= 4 is 17.5 Å². The van der Waals surface area contributed by atoms with Gasteiger partial charge < -0.3 is 10.2 Å². The Balaban J connectivity index is 1.67. The minimum Gasteiger partial charge on any atom is -0.344 e. The number of carbonyl (C=O) groups is 2. The second kappa shape index (κ2) is 6.11. The van der Waals surface area contributed by atoms with Crippen molar-refractivity contribution in [3.05, 3.63) is 29.3 Å². The van der Waals surface area contributed by atoms with Gasteiger partial charge in [-0.25, -0.2) is 0 Å². The molecule has 1 atom stereocenters. The van der Waals surface area contributed by atoms with Gasteiger partial charge in [0.15, 0.2) is 0 Å². The van der Waals surface area contributed by atoms with Crippen molar-refractivity contribution < 1.29 is 9.59 Å². The number of rotatable bonds is 3. The molecule has 2 amide bonds. The molecule has 1 aliphatic heterocycles. The first kappa shape index (κ1) is 15.1. The molecular weight excluding hydrogens is 276 g/mol. The van der Waals surface area contributed by atoms with E-state index in [0.717, 1.165) is 42.5 Å². The normalized spacial score (nSPS) is 22.4. The molecule has 1 aliphatic carbocycles. The molecule has 22 heavy (non-hydrogen) atoms. The zero-order valence-corrected chi connectivity index (χ0v) is 13.4. The molecule has 1 N–H and O–H groups in total.